The first-order valence-corrected chi connectivity index (χ1v) is 14.7. The van der Waals surface area contributed by atoms with Crippen LogP contribution >= 0.6 is 11.3 Å². The zero-order valence-electron chi connectivity index (χ0n) is 23.8. The van der Waals surface area contributed by atoms with E-state index in [9.17, 15) is 0 Å². The monoisotopic (exact) mass is 533 g/mol. The number of aryl methyl sites for hydroxylation is 3. The molecule has 0 atom stereocenters. The van der Waals surface area contributed by atoms with Crippen LogP contribution in [0.3, 0.4) is 0 Å². The summed E-state index contributed by atoms with van der Waals surface area (Å²) in [5.41, 5.74) is 10.4. The van der Waals surface area contributed by atoms with Crippen molar-refractivity contribution in [1.29, 1.82) is 0 Å². The number of rotatable bonds is 4. The van der Waals surface area contributed by atoms with E-state index in [1.54, 1.807) is 0 Å². The highest BCUT2D eigenvalue weighted by Gasteiger charge is 2.29. The highest BCUT2D eigenvalue weighted by molar-refractivity contribution is 7.18. The zero-order chi connectivity index (χ0) is 27.3. The minimum atomic E-state index is 0.179. The topological polar surface area (TPSA) is 16.4 Å². The Morgan fingerprint density at radius 2 is 1.72 bits per heavy atom. The van der Waals surface area contributed by atoms with Crippen molar-refractivity contribution in [2.24, 2.45) is 5.41 Å². The van der Waals surface area contributed by atoms with Gasteiger partial charge in [0.05, 0.1) is 5.69 Å². The minimum absolute atomic E-state index is 0.179. The largest absolute Gasteiger partial charge is 0.439 e. The summed E-state index contributed by atoms with van der Waals surface area (Å²) in [6, 6.07) is 21.7. The number of allylic oxidation sites excluding steroid dienone is 4. The third kappa shape index (κ3) is 4.94. The lowest BCUT2D eigenvalue weighted by atomic mass is 9.75. The van der Waals surface area contributed by atoms with E-state index < -0.39 is 0 Å². The Bertz CT molecular complexity index is 1670. The molecule has 39 heavy (non-hydrogen) atoms. The predicted octanol–water partition coefficient (Wildman–Crippen LogP) is 8.99. The Balaban J connectivity index is 1.34. The van der Waals surface area contributed by atoms with Gasteiger partial charge in [0.25, 0.3) is 5.01 Å². The third-order valence-corrected chi connectivity index (χ3v) is 9.08. The second-order valence-electron chi connectivity index (χ2n) is 11.7. The maximum atomic E-state index is 6.36. The van der Waals surface area contributed by atoms with Crippen LogP contribution in [0.5, 0.6) is 5.75 Å². The lowest BCUT2D eigenvalue weighted by Crippen LogP contribution is -2.33. The number of fused-ring (bicyclic) bond motifs is 2. The van der Waals surface area contributed by atoms with Gasteiger partial charge in [-0.1, -0.05) is 67.7 Å². The smallest absolute Gasteiger partial charge is 0.263 e. The van der Waals surface area contributed by atoms with Crippen molar-refractivity contribution in [3.8, 4) is 16.9 Å². The summed E-state index contributed by atoms with van der Waals surface area (Å²) in [4.78, 5) is 2.18. The maximum Gasteiger partial charge on any atom is 0.263 e. The van der Waals surface area contributed by atoms with E-state index in [0.29, 0.717) is 0 Å². The summed E-state index contributed by atoms with van der Waals surface area (Å²) in [5, 5.41) is 1.32. The second kappa shape index (κ2) is 9.84. The summed E-state index contributed by atoms with van der Waals surface area (Å²) in [7, 11) is 2.10. The van der Waals surface area contributed by atoms with Gasteiger partial charge in [-0.05, 0) is 90.6 Å². The number of anilines is 1. The predicted molar refractivity (Wildman–Crippen MR) is 165 cm³/mol. The van der Waals surface area contributed by atoms with Gasteiger partial charge in [0.15, 0.2) is 5.75 Å². The van der Waals surface area contributed by atoms with Crippen LogP contribution in [0.2, 0.25) is 0 Å². The van der Waals surface area contributed by atoms with Crippen LogP contribution in [0.15, 0.2) is 89.8 Å². The van der Waals surface area contributed by atoms with Gasteiger partial charge in [-0.15, -0.1) is 0 Å². The number of nitrogens with zero attached hydrogens (tertiary/aromatic N) is 2. The molecular weight excluding hydrogens is 496 g/mol. The molecule has 0 N–H and O–H groups in total. The number of aromatic nitrogens is 1. The molecule has 2 aliphatic rings. The number of thiazole rings is 1. The Labute approximate surface area is 236 Å². The molecule has 0 fully saturated rings. The van der Waals surface area contributed by atoms with E-state index in [0.717, 1.165) is 36.7 Å². The molecule has 0 saturated carbocycles. The number of benzene rings is 3. The zero-order valence-corrected chi connectivity index (χ0v) is 24.7. The SMILES string of the molecule is CC[n+]1c(/C=C2C=C(/C=C3\Oc4ccc(-c5ccccc5)cc4N3C)CC(C)(C)C/2)sc2cc(C)c(C)cc21. The summed E-state index contributed by atoms with van der Waals surface area (Å²) in [5.74, 6) is 1.80. The Hall–Kier alpha value is -3.63. The second-order valence-corrected chi connectivity index (χ2v) is 12.8. The molecule has 3 nitrogen and oxygen atoms in total. The van der Waals surface area contributed by atoms with Gasteiger partial charge in [0.2, 0.25) is 11.4 Å². The minimum Gasteiger partial charge on any atom is -0.439 e. The van der Waals surface area contributed by atoms with Crippen LogP contribution in [0.25, 0.3) is 27.4 Å². The molecule has 0 unspecified atom stereocenters. The average molecular weight is 534 g/mol. The molecule has 4 heteroatoms. The molecule has 2 heterocycles. The number of hydrogen-bond acceptors (Lipinski definition) is 3. The molecule has 198 valence electrons. The van der Waals surface area contributed by atoms with E-state index in [4.69, 9.17) is 4.74 Å². The van der Waals surface area contributed by atoms with Crippen molar-refractivity contribution in [2.75, 3.05) is 11.9 Å². The summed E-state index contributed by atoms with van der Waals surface area (Å²) >= 11 is 1.90. The fourth-order valence-corrected chi connectivity index (χ4v) is 7.18. The van der Waals surface area contributed by atoms with E-state index in [-0.39, 0.29) is 5.41 Å². The van der Waals surface area contributed by atoms with Gasteiger partial charge >= 0.3 is 0 Å². The van der Waals surface area contributed by atoms with Crippen molar-refractivity contribution in [1.82, 2.24) is 0 Å². The summed E-state index contributed by atoms with van der Waals surface area (Å²) < 4.78 is 10.2. The van der Waals surface area contributed by atoms with E-state index in [1.807, 2.05) is 11.3 Å². The number of ether oxygens (including phenoxy) is 1. The standard InChI is InChI=1S/C35H37N2OS/c1-7-37-30-15-23(2)24(3)16-32(30)39-34(37)19-26-17-25(21-35(4,5)22-26)18-33-36(6)29-20-28(13-14-31(29)38-33)27-11-9-8-10-12-27/h8-20H,7,21-22H2,1-6H3/q+1. The molecule has 1 aliphatic carbocycles. The molecule has 0 radical (unpaired) electrons. The van der Waals surface area contributed by atoms with Crippen molar-refractivity contribution < 1.29 is 9.30 Å². The van der Waals surface area contributed by atoms with Crippen LogP contribution in [0.1, 0.15) is 49.7 Å². The maximum absolute atomic E-state index is 6.36. The van der Waals surface area contributed by atoms with Gasteiger partial charge in [0, 0.05) is 25.3 Å². The molecule has 1 aromatic heterocycles. The van der Waals surface area contributed by atoms with Crippen molar-refractivity contribution in [2.45, 2.75) is 54.0 Å². The quantitative estimate of drug-likeness (QED) is 0.243. The highest BCUT2D eigenvalue weighted by Crippen LogP contribution is 2.43. The molecule has 1 aliphatic heterocycles. The Kier molecular flexibility index (Phi) is 6.47. The van der Waals surface area contributed by atoms with Gasteiger partial charge in [0.1, 0.15) is 11.2 Å². The first-order chi connectivity index (χ1) is 18.7. The van der Waals surface area contributed by atoms with Gasteiger partial charge in [-0.2, -0.15) is 4.57 Å². The lowest BCUT2D eigenvalue weighted by molar-refractivity contribution is -0.665. The van der Waals surface area contributed by atoms with Crippen molar-refractivity contribution in [3.05, 3.63) is 106 Å². The fourth-order valence-electron chi connectivity index (χ4n) is 5.90. The molecule has 4 aromatic rings. The highest BCUT2D eigenvalue weighted by atomic mass is 32.1. The van der Waals surface area contributed by atoms with Crippen molar-refractivity contribution in [3.63, 3.8) is 0 Å². The van der Waals surface area contributed by atoms with Crippen LogP contribution in [0, 0.1) is 19.3 Å². The summed E-state index contributed by atoms with van der Waals surface area (Å²) in [6.45, 7) is 12.4. The van der Waals surface area contributed by atoms with Crippen LogP contribution in [0.4, 0.5) is 5.69 Å². The van der Waals surface area contributed by atoms with E-state index in [2.05, 4.69) is 130 Å². The van der Waals surface area contributed by atoms with E-state index in [1.165, 1.54) is 48.6 Å². The van der Waals surface area contributed by atoms with Gasteiger partial charge in [-0.25, -0.2) is 0 Å². The molecule has 6 rings (SSSR count). The fraction of sp³-hybridized carbons (Fsp3) is 0.286. The first kappa shape index (κ1) is 25.6. The average Bonchev–Trinajstić information content (AvgIpc) is 3.39. The Morgan fingerprint density at radius 1 is 0.949 bits per heavy atom. The molecule has 0 saturated heterocycles. The normalized spacial score (nSPS) is 18.5. The molecular formula is C35H37N2OS+. The van der Waals surface area contributed by atoms with Crippen LogP contribution in [-0.4, -0.2) is 7.05 Å². The first-order valence-electron chi connectivity index (χ1n) is 13.9. The van der Waals surface area contributed by atoms with E-state index >= 15 is 0 Å². The van der Waals surface area contributed by atoms with Crippen LogP contribution in [-0.2, 0) is 6.54 Å². The molecule has 3 aromatic carbocycles. The third-order valence-electron chi connectivity index (χ3n) is 7.99. The number of hydrogen-bond donors (Lipinski definition) is 0. The van der Waals surface area contributed by atoms with Crippen molar-refractivity contribution >= 4 is 33.3 Å². The Morgan fingerprint density at radius 3 is 2.49 bits per heavy atom. The van der Waals surface area contributed by atoms with Gasteiger partial charge < -0.3 is 9.64 Å². The van der Waals surface area contributed by atoms with Crippen LogP contribution < -0.4 is 14.2 Å². The molecule has 0 amide bonds. The lowest BCUT2D eigenvalue weighted by Gasteiger charge is -2.30. The molecule has 0 spiro atoms. The summed E-state index contributed by atoms with van der Waals surface area (Å²) in [6.07, 6.45) is 9.12. The molecule has 0 bridgehead atoms. The van der Waals surface area contributed by atoms with Gasteiger partial charge in [-0.3, -0.25) is 0 Å².